The van der Waals surface area contributed by atoms with Crippen LogP contribution >= 0.6 is 11.3 Å². The van der Waals surface area contributed by atoms with Gasteiger partial charge >= 0.3 is 0 Å². The van der Waals surface area contributed by atoms with Crippen molar-refractivity contribution in [3.8, 4) is 0 Å². The van der Waals surface area contributed by atoms with Crippen molar-refractivity contribution in [2.45, 2.75) is 32.2 Å². The van der Waals surface area contributed by atoms with E-state index in [1.165, 1.54) is 0 Å². The van der Waals surface area contributed by atoms with Gasteiger partial charge in [0, 0.05) is 17.6 Å². The molecule has 6 heteroatoms. The largest absolute Gasteiger partial charge is 0.341 e. The molecule has 2 aromatic rings. The minimum atomic E-state index is 0.0232. The van der Waals surface area contributed by atoms with Gasteiger partial charge in [0.15, 0.2) is 0 Å². The molecule has 0 bridgehead atoms. The van der Waals surface area contributed by atoms with Crippen LogP contribution in [0, 0.1) is 6.92 Å². The molecule has 1 fully saturated rings. The summed E-state index contributed by atoms with van der Waals surface area (Å²) in [6.07, 6.45) is 6.32. The Balaban J connectivity index is 1.87. The third kappa shape index (κ3) is 2.40. The van der Waals surface area contributed by atoms with Crippen LogP contribution in [-0.2, 0) is 0 Å². The number of thiazole rings is 1. The molecule has 1 N–H and O–H groups in total. The molecule has 1 aliphatic heterocycles. The maximum atomic E-state index is 12.5. The highest BCUT2D eigenvalue weighted by Gasteiger charge is 2.30. The smallest absolute Gasteiger partial charge is 0.272 e. The van der Waals surface area contributed by atoms with Crippen LogP contribution in [0.1, 0.15) is 46.5 Å². The number of piperidine rings is 1. The van der Waals surface area contributed by atoms with Crippen molar-refractivity contribution in [2.24, 2.45) is 0 Å². The molecule has 0 saturated carbocycles. The third-order valence-electron chi connectivity index (χ3n) is 3.41. The molecule has 3 heterocycles. The van der Waals surface area contributed by atoms with Gasteiger partial charge in [0.2, 0.25) is 0 Å². The van der Waals surface area contributed by atoms with Gasteiger partial charge in [0.05, 0.1) is 18.6 Å². The molecule has 0 radical (unpaired) electrons. The van der Waals surface area contributed by atoms with Crippen molar-refractivity contribution in [3.63, 3.8) is 0 Å². The lowest BCUT2D eigenvalue weighted by Gasteiger charge is -2.34. The van der Waals surface area contributed by atoms with Crippen molar-refractivity contribution in [1.29, 1.82) is 0 Å². The lowest BCUT2D eigenvalue weighted by Crippen LogP contribution is -2.38. The van der Waals surface area contributed by atoms with Crippen LogP contribution in [0.2, 0.25) is 0 Å². The number of nitrogens with one attached hydrogen (secondary N) is 1. The first-order valence-corrected chi connectivity index (χ1v) is 7.35. The molecular formula is C13H16N4OS. The third-order valence-corrected chi connectivity index (χ3v) is 4.48. The number of hydrogen-bond donors (Lipinski definition) is 1. The van der Waals surface area contributed by atoms with Gasteiger partial charge < -0.3 is 9.88 Å². The molecule has 0 spiro atoms. The molecule has 1 amide bonds. The van der Waals surface area contributed by atoms with Gasteiger partial charge in [-0.15, -0.1) is 11.3 Å². The second kappa shape index (κ2) is 5.13. The summed E-state index contributed by atoms with van der Waals surface area (Å²) in [7, 11) is 0. The van der Waals surface area contributed by atoms with Gasteiger partial charge in [-0.1, -0.05) is 0 Å². The molecule has 1 atom stereocenters. The Kier molecular flexibility index (Phi) is 3.33. The predicted molar refractivity (Wildman–Crippen MR) is 73.1 cm³/mol. The van der Waals surface area contributed by atoms with Gasteiger partial charge in [-0.3, -0.25) is 4.79 Å². The lowest BCUT2D eigenvalue weighted by atomic mass is 10.0. The highest BCUT2D eigenvalue weighted by molar-refractivity contribution is 7.09. The number of amides is 1. The predicted octanol–water partition coefficient (Wildman–Crippen LogP) is 2.54. The summed E-state index contributed by atoms with van der Waals surface area (Å²) in [6, 6.07) is 0.114. The lowest BCUT2D eigenvalue weighted by molar-refractivity contribution is 0.0605. The van der Waals surface area contributed by atoms with E-state index in [2.05, 4.69) is 15.0 Å². The molecule has 1 aliphatic rings. The van der Waals surface area contributed by atoms with E-state index in [4.69, 9.17) is 0 Å². The van der Waals surface area contributed by atoms with E-state index >= 15 is 0 Å². The molecule has 0 aliphatic carbocycles. The summed E-state index contributed by atoms with van der Waals surface area (Å²) in [6.45, 7) is 2.78. The Morgan fingerprint density at radius 3 is 3.11 bits per heavy atom. The maximum Gasteiger partial charge on any atom is 0.272 e. The number of rotatable bonds is 2. The second-order valence-electron chi connectivity index (χ2n) is 4.80. The van der Waals surface area contributed by atoms with Crippen LogP contribution in [0.15, 0.2) is 17.9 Å². The Hall–Kier alpha value is -1.69. The van der Waals surface area contributed by atoms with Crippen molar-refractivity contribution in [3.05, 3.63) is 34.3 Å². The molecule has 5 nitrogen and oxygen atoms in total. The Morgan fingerprint density at radius 1 is 1.53 bits per heavy atom. The second-order valence-corrected chi connectivity index (χ2v) is 5.69. The Labute approximate surface area is 115 Å². The number of aromatic nitrogens is 3. The van der Waals surface area contributed by atoms with Crippen LogP contribution in [0.5, 0.6) is 0 Å². The zero-order valence-electron chi connectivity index (χ0n) is 10.8. The quantitative estimate of drug-likeness (QED) is 0.917. The standard InChI is InChI=1S/C13H16N4OS/c1-9-7-19-12(16-9)11-4-2-3-5-17(11)13(18)10-6-14-8-15-10/h6-8,11H,2-5H2,1H3,(H,14,15)/t11-/m0/s1. The van der Waals surface area contributed by atoms with E-state index in [1.807, 2.05) is 17.2 Å². The van der Waals surface area contributed by atoms with Crippen molar-refractivity contribution >= 4 is 17.2 Å². The fourth-order valence-electron chi connectivity index (χ4n) is 2.48. The average molecular weight is 276 g/mol. The molecule has 3 rings (SSSR count). The topological polar surface area (TPSA) is 61.9 Å². The summed E-state index contributed by atoms with van der Waals surface area (Å²) < 4.78 is 0. The fourth-order valence-corrected chi connectivity index (χ4v) is 3.43. The minimum absolute atomic E-state index is 0.0232. The number of carbonyl (C=O) groups is 1. The van der Waals surface area contributed by atoms with Crippen molar-refractivity contribution < 1.29 is 4.79 Å². The van der Waals surface area contributed by atoms with Crippen molar-refractivity contribution in [1.82, 2.24) is 19.9 Å². The van der Waals surface area contributed by atoms with E-state index in [9.17, 15) is 4.79 Å². The first-order chi connectivity index (χ1) is 9.25. The number of H-pyrrole nitrogens is 1. The normalized spacial score (nSPS) is 19.6. The zero-order chi connectivity index (χ0) is 13.2. The number of carbonyl (C=O) groups excluding carboxylic acids is 1. The zero-order valence-corrected chi connectivity index (χ0v) is 11.6. The summed E-state index contributed by atoms with van der Waals surface area (Å²) >= 11 is 1.64. The molecule has 100 valence electrons. The number of likely N-dealkylation sites (tertiary alicyclic amines) is 1. The molecular weight excluding hydrogens is 260 g/mol. The monoisotopic (exact) mass is 276 g/mol. The Bertz CT molecular complexity index is 563. The molecule has 2 aromatic heterocycles. The van der Waals surface area contributed by atoms with E-state index in [0.29, 0.717) is 5.69 Å². The van der Waals surface area contributed by atoms with E-state index in [0.717, 1.165) is 36.5 Å². The number of nitrogens with zero attached hydrogens (tertiary/aromatic N) is 3. The van der Waals surface area contributed by atoms with Gasteiger partial charge in [0.1, 0.15) is 10.7 Å². The SMILES string of the molecule is Cc1csc([C@@H]2CCCCN2C(=O)c2cnc[nH]2)n1. The molecule has 1 saturated heterocycles. The van der Waals surface area contributed by atoms with Gasteiger partial charge in [-0.25, -0.2) is 9.97 Å². The number of hydrogen-bond acceptors (Lipinski definition) is 4. The Morgan fingerprint density at radius 2 is 2.42 bits per heavy atom. The molecule has 0 unspecified atom stereocenters. The first kappa shape index (κ1) is 12.3. The summed E-state index contributed by atoms with van der Waals surface area (Å²) in [5.41, 5.74) is 1.58. The van der Waals surface area contributed by atoms with Crippen LogP contribution in [0.3, 0.4) is 0 Å². The maximum absolute atomic E-state index is 12.5. The molecule has 0 aromatic carbocycles. The molecule has 19 heavy (non-hydrogen) atoms. The highest BCUT2D eigenvalue weighted by atomic mass is 32.1. The van der Waals surface area contributed by atoms with Crippen LogP contribution in [0.25, 0.3) is 0 Å². The summed E-state index contributed by atoms with van der Waals surface area (Å²) in [5.74, 6) is 0.0232. The van der Waals surface area contributed by atoms with Gasteiger partial charge in [-0.2, -0.15) is 0 Å². The number of aromatic amines is 1. The van der Waals surface area contributed by atoms with Crippen LogP contribution in [-0.4, -0.2) is 32.3 Å². The minimum Gasteiger partial charge on any atom is -0.341 e. The first-order valence-electron chi connectivity index (χ1n) is 6.47. The van der Waals surface area contributed by atoms with E-state index in [-0.39, 0.29) is 11.9 Å². The van der Waals surface area contributed by atoms with E-state index < -0.39 is 0 Å². The van der Waals surface area contributed by atoms with Gasteiger partial charge in [0.25, 0.3) is 5.91 Å². The summed E-state index contributed by atoms with van der Waals surface area (Å²) in [5, 5.41) is 3.09. The number of imidazole rings is 1. The highest BCUT2D eigenvalue weighted by Crippen LogP contribution is 2.33. The van der Waals surface area contributed by atoms with Crippen LogP contribution < -0.4 is 0 Å². The van der Waals surface area contributed by atoms with Gasteiger partial charge in [-0.05, 0) is 26.2 Å². The summed E-state index contributed by atoms with van der Waals surface area (Å²) in [4.78, 5) is 25.8. The van der Waals surface area contributed by atoms with Crippen LogP contribution in [0.4, 0.5) is 0 Å². The van der Waals surface area contributed by atoms with E-state index in [1.54, 1.807) is 23.9 Å². The fraction of sp³-hybridized carbons (Fsp3) is 0.462. The average Bonchev–Trinajstić information content (AvgIpc) is 3.09. The number of aryl methyl sites for hydroxylation is 1. The van der Waals surface area contributed by atoms with Crippen molar-refractivity contribution in [2.75, 3.05) is 6.54 Å².